The highest BCUT2D eigenvalue weighted by molar-refractivity contribution is 9.10. The second-order valence-electron chi connectivity index (χ2n) is 3.16. The Labute approximate surface area is 98.4 Å². The number of hydrogen-bond acceptors (Lipinski definition) is 3. The molecule has 1 aromatic rings. The van der Waals surface area contributed by atoms with E-state index in [4.69, 9.17) is 5.26 Å². The quantitative estimate of drug-likeness (QED) is 0.581. The van der Waals surface area contributed by atoms with Crippen molar-refractivity contribution in [2.75, 3.05) is 11.4 Å². The first kappa shape index (κ1) is 10.8. The summed E-state index contributed by atoms with van der Waals surface area (Å²) in [4.78, 5) is 24.0. The molecule has 0 aromatic heterocycles. The molecule has 1 amide bonds. The van der Waals surface area contributed by atoms with Crippen LogP contribution in [-0.4, -0.2) is 18.2 Å². The molecule has 0 unspecified atom stereocenters. The molecule has 0 N–H and O–H groups in total. The third kappa shape index (κ3) is 1.41. The van der Waals surface area contributed by atoms with E-state index in [0.717, 1.165) is 17.0 Å². The minimum absolute atomic E-state index is 0.00729. The molecule has 0 spiro atoms. The molecule has 0 atom stereocenters. The van der Waals surface area contributed by atoms with Crippen LogP contribution in [0, 0.1) is 17.1 Å². The maximum Gasteiger partial charge on any atom is 0.300 e. The van der Waals surface area contributed by atoms with Crippen molar-refractivity contribution in [1.29, 1.82) is 5.26 Å². The molecule has 1 aliphatic heterocycles. The maximum atomic E-state index is 13.1. The average molecular weight is 283 g/mol. The molecule has 0 saturated carbocycles. The monoisotopic (exact) mass is 282 g/mol. The normalized spacial score (nSPS) is 13.9. The Bertz CT molecular complexity index is 550. The fourth-order valence-corrected chi connectivity index (χ4v) is 2.22. The number of fused-ring (bicyclic) bond motifs is 1. The summed E-state index contributed by atoms with van der Waals surface area (Å²) in [6.07, 6.45) is 0. The predicted octanol–water partition coefficient (Wildman–Crippen LogP) is 1.64. The van der Waals surface area contributed by atoms with E-state index in [1.54, 1.807) is 6.07 Å². The van der Waals surface area contributed by atoms with E-state index in [1.807, 2.05) is 0 Å². The highest BCUT2D eigenvalue weighted by Gasteiger charge is 2.37. The molecule has 0 fully saturated rings. The molecule has 80 valence electrons. The highest BCUT2D eigenvalue weighted by Crippen LogP contribution is 2.36. The first-order chi connectivity index (χ1) is 7.56. The topological polar surface area (TPSA) is 61.2 Å². The fourth-order valence-electron chi connectivity index (χ4n) is 1.57. The SMILES string of the molecule is N#CCN1C(=O)C(=O)c2cc(F)cc(Br)c21. The van der Waals surface area contributed by atoms with E-state index < -0.39 is 17.5 Å². The molecular weight excluding hydrogens is 279 g/mol. The van der Waals surface area contributed by atoms with Crippen LogP contribution in [0.5, 0.6) is 0 Å². The molecule has 1 aliphatic rings. The predicted molar refractivity (Wildman–Crippen MR) is 56.4 cm³/mol. The molecule has 0 saturated heterocycles. The van der Waals surface area contributed by atoms with Crippen LogP contribution in [0.25, 0.3) is 0 Å². The minimum atomic E-state index is -0.803. The first-order valence-corrected chi connectivity index (χ1v) is 5.07. The number of rotatable bonds is 1. The Morgan fingerprint density at radius 3 is 2.75 bits per heavy atom. The molecule has 4 nitrogen and oxygen atoms in total. The van der Waals surface area contributed by atoms with Gasteiger partial charge in [0.05, 0.1) is 17.3 Å². The standard InChI is InChI=1S/C10H4BrFN2O2/c11-7-4-5(12)3-6-8(7)14(2-1-13)10(16)9(6)15/h3-4H,2H2. The van der Waals surface area contributed by atoms with Crippen molar-refractivity contribution in [3.05, 3.63) is 28.0 Å². The van der Waals surface area contributed by atoms with Gasteiger partial charge >= 0.3 is 0 Å². The van der Waals surface area contributed by atoms with Crippen LogP contribution in [0.1, 0.15) is 10.4 Å². The van der Waals surface area contributed by atoms with Gasteiger partial charge in [0.15, 0.2) is 0 Å². The van der Waals surface area contributed by atoms with Gasteiger partial charge < -0.3 is 0 Å². The van der Waals surface area contributed by atoms with Crippen LogP contribution in [0.4, 0.5) is 10.1 Å². The van der Waals surface area contributed by atoms with Crippen LogP contribution < -0.4 is 4.90 Å². The van der Waals surface area contributed by atoms with E-state index >= 15 is 0 Å². The molecule has 2 rings (SSSR count). The van der Waals surface area contributed by atoms with Crippen molar-refractivity contribution in [2.24, 2.45) is 0 Å². The molecule has 0 radical (unpaired) electrons. The van der Waals surface area contributed by atoms with Crippen molar-refractivity contribution < 1.29 is 14.0 Å². The number of anilines is 1. The molecule has 1 aromatic carbocycles. The van der Waals surface area contributed by atoms with Gasteiger partial charge in [-0.3, -0.25) is 14.5 Å². The van der Waals surface area contributed by atoms with E-state index in [-0.39, 0.29) is 22.3 Å². The summed E-state index contributed by atoms with van der Waals surface area (Å²) in [6.45, 7) is -0.234. The number of nitriles is 1. The van der Waals surface area contributed by atoms with Crippen molar-refractivity contribution in [1.82, 2.24) is 0 Å². The molecular formula is C10H4BrFN2O2. The Morgan fingerprint density at radius 2 is 2.12 bits per heavy atom. The number of nitrogens with zero attached hydrogens (tertiary/aromatic N) is 2. The first-order valence-electron chi connectivity index (χ1n) is 4.28. The van der Waals surface area contributed by atoms with E-state index in [1.165, 1.54) is 0 Å². The molecule has 0 aliphatic carbocycles. The van der Waals surface area contributed by atoms with E-state index in [2.05, 4.69) is 15.9 Å². The number of benzene rings is 1. The third-order valence-corrected chi connectivity index (χ3v) is 2.82. The van der Waals surface area contributed by atoms with Crippen molar-refractivity contribution in [3.8, 4) is 6.07 Å². The number of hydrogen-bond donors (Lipinski definition) is 0. The van der Waals surface area contributed by atoms with Crippen LogP contribution >= 0.6 is 15.9 Å². The second-order valence-corrected chi connectivity index (χ2v) is 4.02. The zero-order valence-electron chi connectivity index (χ0n) is 7.83. The highest BCUT2D eigenvalue weighted by atomic mass is 79.9. The summed E-state index contributed by atoms with van der Waals surface area (Å²) in [5.41, 5.74) is 0.255. The number of amides is 1. The number of carbonyl (C=O) groups is 2. The summed E-state index contributed by atoms with van der Waals surface area (Å²) < 4.78 is 13.3. The van der Waals surface area contributed by atoms with Gasteiger partial charge in [0.2, 0.25) is 0 Å². The van der Waals surface area contributed by atoms with Gasteiger partial charge in [-0.1, -0.05) is 0 Å². The van der Waals surface area contributed by atoms with E-state index in [9.17, 15) is 14.0 Å². The minimum Gasteiger partial charge on any atom is -0.290 e. The average Bonchev–Trinajstić information content (AvgIpc) is 2.44. The van der Waals surface area contributed by atoms with Crippen molar-refractivity contribution in [3.63, 3.8) is 0 Å². The number of ketones is 1. The summed E-state index contributed by atoms with van der Waals surface area (Å²) >= 11 is 3.07. The van der Waals surface area contributed by atoms with Gasteiger partial charge in [0, 0.05) is 4.47 Å². The van der Waals surface area contributed by atoms with E-state index in [0.29, 0.717) is 0 Å². The zero-order valence-corrected chi connectivity index (χ0v) is 9.41. The molecule has 1 heterocycles. The lowest BCUT2D eigenvalue weighted by molar-refractivity contribution is -0.114. The van der Waals surface area contributed by atoms with Crippen molar-refractivity contribution in [2.45, 2.75) is 0 Å². The van der Waals surface area contributed by atoms with Crippen molar-refractivity contribution >= 4 is 33.3 Å². The summed E-state index contributed by atoms with van der Waals surface area (Å²) in [5, 5.41) is 8.56. The number of carbonyl (C=O) groups excluding carboxylic acids is 2. The summed E-state index contributed by atoms with van der Waals surface area (Å²) in [7, 11) is 0. The molecule has 6 heteroatoms. The Kier molecular flexibility index (Phi) is 2.48. The third-order valence-electron chi connectivity index (χ3n) is 2.21. The Balaban J connectivity index is 2.66. The summed E-state index contributed by atoms with van der Waals surface area (Å²) in [6, 6.07) is 3.93. The smallest absolute Gasteiger partial charge is 0.290 e. The number of Topliss-reactive ketones (excluding diaryl/α,β-unsaturated/α-hetero) is 1. The molecule has 0 bridgehead atoms. The Morgan fingerprint density at radius 1 is 1.44 bits per heavy atom. The van der Waals surface area contributed by atoms with Gasteiger partial charge in [0.25, 0.3) is 11.7 Å². The lowest BCUT2D eigenvalue weighted by Crippen LogP contribution is -2.30. The van der Waals surface area contributed by atoms with Crippen LogP contribution in [0.3, 0.4) is 0 Å². The maximum absolute atomic E-state index is 13.1. The molecule has 16 heavy (non-hydrogen) atoms. The second kappa shape index (κ2) is 3.68. The Hall–Kier alpha value is -1.74. The van der Waals surface area contributed by atoms with Gasteiger partial charge in [-0.05, 0) is 28.1 Å². The fraction of sp³-hybridized carbons (Fsp3) is 0.100. The van der Waals surface area contributed by atoms with Gasteiger partial charge in [-0.25, -0.2) is 4.39 Å². The van der Waals surface area contributed by atoms with Gasteiger partial charge in [-0.15, -0.1) is 0 Å². The lowest BCUT2D eigenvalue weighted by Gasteiger charge is -2.13. The van der Waals surface area contributed by atoms with Gasteiger partial charge in [0.1, 0.15) is 12.4 Å². The zero-order chi connectivity index (χ0) is 11.9. The largest absolute Gasteiger partial charge is 0.300 e. The summed E-state index contributed by atoms with van der Waals surface area (Å²) in [5.74, 6) is -2.20. The van der Waals surface area contributed by atoms with Gasteiger partial charge in [-0.2, -0.15) is 5.26 Å². The number of halogens is 2. The van der Waals surface area contributed by atoms with Crippen LogP contribution in [0.2, 0.25) is 0 Å². The lowest BCUT2D eigenvalue weighted by atomic mass is 10.1. The van der Waals surface area contributed by atoms with Crippen LogP contribution in [0.15, 0.2) is 16.6 Å². The van der Waals surface area contributed by atoms with Crippen LogP contribution in [-0.2, 0) is 4.79 Å².